The highest BCUT2D eigenvalue weighted by Gasteiger charge is 2.22. The molecule has 0 amide bonds. The number of rotatable bonds is 4. The summed E-state index contributed by atoms with van der Waals surface area (Å²) in [5.74, 6) is -0.220. The number of methoxy groups -OCH3 is 1. The van der Waals surface area contributed by atoms with Gasteiger partial charge in [-0.1, -0.05) is 35.9 Å². The molecular formula is C21H22N2O3S2. The Labute approximate surface area is 171 Å². The second-order valence-electron chi connectivity index (χ2n) is 6.98. The maximum Gasteiger partial charge on any atom is 0.316 e. The SMILES string of the molecule is COC(=O)CSc1nc2sc3c(c2c(=O)n1-c1ccc(C)cc1)CCCCC3. The number of hydrogen-bond donors (Lipinski definition) is 0. The van der Waals surface area contributed by atoms with Crippen molar-refractivity contribution in [1.29, 1.82) is 0 Å². The average molecular weight is 415 g/mol. The van der Waals surface area contributed by atoms with E-state index in [9.17, 15) is 9.59 Å². The Balaban J connectivity index is 1.92. The lowest BCUT2D eigenvalue weighted by molar-refractivity contribution is -0.137. The van der Waals surface area contributed by atoms with E-state index in [0.717, 1.165) is 47.2 Å². The molecule has 146 valence electrons. The lowest BCUT2D eigenvalue weighted by atomic mass is 10.1. The Morgan fingerprint density at radius 3 is 2.71 bits per heavy atom. The molecule has 0 radical (unpaired) electrons. The van der Waals surface area contributed by atoms with Crippen LogP contribution in [0.1, 0.15) is 35.3 Å². The summed E-state index contributed by atoms with van der Waals surface area (Å²) in [6, 6.07) is 7.82. The number of carbonyl (C=O) groups is 1. The zero-order valence-electron chi connectivity index (χ0n) is 16.0. The van der Waals surface area contributed by atoms with Gasteiger partial charge in [0.15, 0.2) is 5.16 Å². The van der Waals surface area contributed by atoms with Crippen LogP contribution in [-0.2, 0) is 22.4 Å². The lowest BCUT2D eigenvalue weighted by Gasteiger charge is -2.12. The summed E-state index contributed by atoms with van der Waals surface area (Å²) >= 11 is 2.88. The summed E-state index contributed by atoms with van der Waals surface area (Å²) in [6.07, 6.45) is 5.44. The number of aryl methyl sites for hydroxylation is 3. The van der Waals surface area contributed by atoms with Crippen molar-refractivity contribution >= 4 is 39.3 Å². The minimum atomic E-state index is -0.336. The molecule has 0 fully saturated rings. The van der Waals surface area contributed by atoms with Gasteiger partial charge in [0.05, 0.1) is 23.9 Å². The molecule has 2 heterocycles. The molecule has 1 aliphatic carbocycles. The van der Waals surface area contributed by atoms with Gasteiger partial charge in [0.1, 0.15) is 4.83 Å². The first-order valence-corrected chi connectivity index (χ1v) is 11.2. The monoisotopic (exact) mass is 414 g/mol. The van der Waals surface area contributed by atoms with E-state index in [1.165, 1.54) is 35.7 Å². The van der Waals surface area contributed by atoms with Crippen molar-refractivity contribution in [2.24, 2.45) is 0 Å². The van der Waals surface area contributed by atoms with Crippen LogP contribution in [0.2, 0.25) is 0 Å². The van der Waals surface area contributed by atoms with Crippen LogP contribution in [-0.4, -0.2) is 28.4 Å². The molecule has 0 bridgehead atoms. The number of thiophene rings is 1. The highest BCUT2D eigenvalue weighted by atomic mass is 32.2. The van der Waals surface area contributed by atoms with Gasteiger partial charge in [0.2, 0.25) is 0 Å². The molecule has 5 nitrogen and oxygen atoms in total. The minimum Gasteiger partial charge on any atom is -0.468 e. The molecule has 1 aliphatic rings. The van der Waals surface area contributed by atoms with Gasteiger partial charge in [-0.3, -0.25) is 14.2 Å². The number of thioether (sulfide) groups is 1. The van der Waals surface area contributed by atoms with Crippen LogP contribution in [0.15, 0.2) is 34.2 Å². The first kappa shape index (κ1) is 19.2. The summed E-state index contributed by atoms with van der Waals surface area (Å²) in [4.78, 5) is 32.2. The average Bonchev–Trinajstić information content (AvgIpc) is 2.88. The summed E-state index contributed by atoms with van der Waals surface area (Å²) in [7, 11) is 1.36. The van der Waals surface area contributed by atoms with Gasteiger partial charge in [-0.15, -0.1) is 11.3 Å². The van der Waals surface area contributed by atoms with Crippen molar-refractivity contribution in [3.05, 3.63) is 50.6 Å². The molecule has 0 saturated heterocycles. The van der Waals surface area contributed by atoms with E-state index in [0.29, 0.717) is 5.16 Å². The highest BCUT2D eigenvalue weighted by molar-refractivity contribution is 7.99. The topological polar surface area (TPSA) is 61.2 Å². The van der Waals surface area contributed by atoms with Crippen molar-refractivity contribution in [3.63, 3.8) is 0 Å². The molecule has 0 aliphatic heterocycles. The molecule has 7 heteroatoms. The molecule has 4 rings (SSSR count). The van der Waals surface area contributed by atoms with Crippen molar-refractivity contribution in [3.8, 4) is 5.69 Å². The Morgan fingerprint density at radius 2 is 1.96 bits per heavy atom. The van der Waals surface area contributed by atoms with Crippen LogP contribution in [0.3, 0.4) is 0 Å². The second-order valence-corrected chi connectivity index (χ2v) is 9.01. The van der Waals surface area contributed by atoms with Crippen LogP contribution in [0.5, 0.6) is 0 Å². The highest BCUT2D eigenvalue weighted by Crippen LogP contribution is 2.34. The van der Waals surface area contributed by atoms with E-state index in [2.05, 4.69) is 0 Å². The fourth-order valence-corrected chi connectivity index (χ4v) is 5.71. The van der Waals surface area contributed by atoms with E-state index in [1.54, 1.807) is 15.9 Å². The molecule has 0 unspecified atom stereocenters. The van der Waals surface area contributed by atoms with Gasteiger partial charge < -0.3 is 4.74 Å². The largest absolute Gasteiger partial charge is 0.468 e. The lowest BCUT2D eigenvalue weighted by Crippen LogP contribution is -2.22. The minimum absolute atomic E-state index is 0.0411. The molecule has 1 aromatic carbocycles. The molecule has 0 N–H and O–H groups in total. The molecular weight excluding hydrogens is 392 g/mol. The van der Waals surface area contributed by atoms with Crippen molar-refractivity contribution in [2.75, 3.05) is 12.9 Å². The maximum atomic E-state index is 13.6. The van der Waals surface area contributed by atoms with Crippen LogP contribution < -0.4 is 5.56 Å². The van der Waals surface area contributed by atoms with E-state index < -0.39 is 0 Å². The summed E-state index contributed by atoms with van der Waals surface area (Å²) in [5, 5.41) is 1.29. The molecule has 0 spiro atoms. The zero-order chi connectivity index (χ0) is 19.7. The van der Waals surface area contributed by atoms with E-state index >= 15 is 0 Å². The third kappa shape index (κ3) is 3.61. The van der Waals surface area contributed by atoms with Gasteiger partial charge in [-0.2, -0.15) is 0 Å². The van der Waals surface area contributed by atoms with Gasteiger partial charge in [-0.25, -0.2) is 4.98 Å². The number of esters is 1. The Kier molecular flexibility index (Phi) is 5.55. The van der Waals surface area contributed by atoms with E-state index in [-0.39, 0.29) is 17.3 Å². The van der Waals surface area contributed by atoms with Crippen LogP contribution in [0, 0.1) is 6.92 Å². The van der Waals surface area contributed by atoms with Crippen molar-refractivity contribution in [2.45, 2.75) is 44.2 Å². The number of hydrogen-bond acceptors (Lipinski definition) is 6. The number of carbonyl (C=O) groups excluding carboxylic acids is 1. The fourth-order valence-electron chi connectivity index (χ4n) is 3.56. The number of ether oxygens (including phenoxy) is 1. The first-order chi connectivity index (χ1) is 13.6. The molecule has 3 aromatic rings. The molecule has 0 atom stereocenters. The van der Waals surface area contributed by atoms with Crippen molar-refractivity contribution < 1.29 is 9.53 Å². The zero-order valence-corrected chi connectivity index (χ0v) is 17.6. The predicted octanol–water partition coefficient (Wildman–Crippen LogP) is 4.29. The van der Waals surface area contributed by atoms with E-state index in [1.807, 2.05) is 31.2 Å². The van der Waals surface area contributed by atoms with Gasteiger partial charge >= 0.3 is 5.97 Å². The normalized spacial score (nSPS) is 13.9. The number of fused-ring (bicyclic) bond motifs is 3. The second kappa shape index (κ2) is 8.09. The molecule has 28 heavy (non-hydrogen) atoms. The maximum absolute atomic E-state index is 13.6. The Hall–Kier alpha value is -2.12. The number of aromatic nitrogens is 2. The smallest absolute Gasteiger partial charge is 0.316 e. The third-order valence-electron chi connectivity index (χ3n) is 5.05. The standard InChI is InChI=1S/C21H22N2O3S2/c1-13-8-10-14(11-9-13)23-20(25)18-15-6-4-3-5-7-16(15)28-19(18)22-21(23)27-12-17(24)26-2/h8-11H,3-7,12H2,1-2H3. The number of nitrogens with zero attached hydrogens (tertiary/aromatic N) is 2. The third-order valence-corrected chi connectivity index (χ3v) is 7.14. The van der Waals surface area contributed by atoms with Crippen LogP contribution >= 0.6 is 23.1 Å². The first-order valence-electron chi connectivity index (χ1n) is 9.42. The Morgan fingerprint density at radius 1 is 1.21 bits per heavy atom. The van der Waals surface area contributed by atoms with Crippen molar-refractivity contribution in [1.82, 2.24) is 9.55 Å². The predicted molar refractivity (Wildman–Crippen MR) is 114 cm³/mol. The van der Waals surface area contributed by atoms with Crippen LogP contribution in [0.25, 0.3) is 15.9 Å². The fraction of sp³-hybridized carbons (Fsp3) is 0.381. The van der Waals surface area contributed by atoms with Gasteiger partial charge in [0.25, 0.3) is 5.56 Å². The number of benzene rings is 1. The summed E-state index contributed by atoms with van der Waals surface area (Å²) < 4.78 is 6.40. The molecule has 0 saturated carbocycles. The van der Waals surface area contributed by atoms with E-state index in [4.69, 9.17) is 9.72 Å². The Bertz CT molecular complexity index is 1080. The molecule has 2 aromatic heterocycles. The summed E-state index contributed by atoms with van der Waals surface area (Å²) in [5.41, 5.74) is 3.03. The van der Waals surface area contributed by atoms with Gasteiger partial charge in [0, 0.05) is 4.88 Å². The van der Waals surface area contributed by atoms with Crippen LogP contribution in [0.4, 0.5) is 0 Å². The summed E-state index contributed by atoms with van der Waals surface area (Å²) in [6.45, 7) is 2.01. The van der Waals surface area contributed by atoms with Gasteiger partial charge in [-0.05, 0) is 50.3 Å². The quantitative estimate of drug-likeness (QED) is 0.276.